The number of esters is 1. The normalized spacial score (nSPS) is 11.6. The lowest BCUT2D eigenvalue weighted by Gasteiger charge is -2.16. The van der Waals surface area contributed by atoms with Crippen LogP contribution in [0.5, 0.6) is 0 Å². The molecule has 0 saturated carbocycles. The predicted octanol–water partition coefficient (Wildman–Crippen LogP) is 1.32. The summed E-state index contributed by atoms with van der Waals surface area (Å²) in [6, 6.07) is 11.6. The Hall–Kier alpha value is -2.61. The first-order valence-electron chi connectivity index (χ1n) is 8.05. The number of amides is 1. The fourth-order valence-electron chi connectivity index (χ4n) is 2.33. The number of nitrogens with one attached hydrogen (secondary N) is 1. The molecule has 26 heavy (non-hydrogen) atoms. The van der Waals surface area contributed by atoms with Crippen molar-refractivity contribution >= 4 is 23.6 Å². The highest BCUT2D eigenvalue weighted by Crippen LogP contribution is 2.13. The summed E-state index contributed by atoms with van der Waals surface area (Å²) >= 11 is 1.56. The lowest BCUT2D eigenvalue weighted by atomic mass is 10.1. The maximum atomic E-state index is 12.3. The largest absolute Gasteiger partial charge is 0.467 e. The molecule has 2 rings (SSSR count). The first kappa shape index (κ1) is 19.7. The van der Waals surface area contributed by atoms with Crippen molar-refractivity contribution in [3.63, 3.8) is 0 Å². The number of hydrogen-bond acceptors (Lipinski definition) is 6. The van der Waals surface area contributed by atoms with Crippen LogP contribution in [-0.4, -0.2) is 46.8 Å². The third-order valence-electron chi connectivity index (χ3n) is 3.66. The molecule has 2 aromatic rings. The monoisotopic (exact) mass is 375 g/mol. The van der Waals surface area contributed by atoms with E-state index in [1.165, 1.54) is 13.2 Å². The van der Waals surface area contributed by atoms with E-state index in [0.717, 1.165) is 10.2 Å². The third kappa shape index (κ3) is 5.45. The quantitative estimate of drug-likeness (QED) is 0.700. The van der Waals surface area contributed by atoms with E-state index in [2.05, 4.69) is 10.4 Å². The van der Waals surface area contributed by atoms with Gasteiger partial charge in [-0.25, -0.2) is 9.48 Å². The number of methoxy groups -OCH3 is 1. The van der Waals surface area contributed by atoms with Crippen molar-refractivity contribution in [3.05, 3.63) is 52.8 Å². The molecule has 1 aromatic carbocycles. The summed E-state index contributed by atoms with van der Waals surface area (Å²) in [7, 11) is 1.27. The highest BCUT2D eigenvalue weighted by Gasteiger charge is 2.21. The Morgan fingerprint density at radius 2 is 1.96 bits per heavy atom. The van der Waals surface area contributed by atoms with Gasteiger partial charge in [0.25, 0.3) is 5.56 Å². The standard InChI is InChI=1S/C18H21N3O4S/c1-25-18(24)15(10-11-26-2)19-16(22)12-21-17(23)9-8-14(20-21)13-6-4-3-5-7-13/h3-9,15H,10-12H2,1-2H3,(H,19,22). The SMILES string of the molecule is COC(=O)C(CCSC)NC(=O)Cn1nc(-c2ccccc2)ccc1=O. The minimum absolute atomic E-state index is 0.272. The van der Waals surface area contributed by atoms with Crippen LogP contribution in [-0.2, 0) is 20.9 Å². The highest BCUT2D eigenvalue weighted by atomic mass is 32.2. The zero-order valence-corrected chi connectivity index (χ0v) is 15.5. The van der Waals surface area contributed by atoms with Gasteiger partial charge in [-0.15, -0.1) is 0 Å². The Morgan fingerprint density at radius 1 is 1.23 bits per heavy atom. The van der Waals surface area contributed by atoms with Crippen LogP contribution in [0, 0.1) is 0 Å². The van der Waals surface area contributed by atoms with Gasteiger partial charge in [-0.1, -0.05) is 30.3 Å². The topological polar surface area (TPSA) is 90.3 Å². The molecule has 0 aliphatic rings. The summed E-state index contributed by atoms with van der Waals surface area (Å²) in [6.07, 6.45) is 2.36. The van der Waals surface area contributed by atoms with Gasteiger partial charge in [0, 0.05) is 11.6 Å². The number of thioether (sulfide) groups is 1. The van der Waals surface area contributed by atoms with E-state index >= 15 is 0 Å². The third-order valence-corrected chi connectivity index (χ3v) is 4.31. The van der Waals surface area contributed by atoms with Crippen molar-refractivity contribution in [2.24, 2.45) is 0 Å². The highest BCUT2D eigenvalue weighted by molar-refractivity contribution is 7.98. The second kappa shape index (κ2) is 9.76. The minimum Gasteiger partial charge on any atom is -0.467 e. The zero-order chi connectivity index (χ0) is 18.9. The Bertz CT molecular complexity index is 808. The molecule has 8 heteroatoms. The molecule has 7 nitrogen and oxygen atoms in total. The van der Waals surface area contributed by atoms with Crippen LogP contribution >= 0.6 is 11.8 Å². The maximum Gasteiger partial charge on any atom is 0.328 e. The number of ether oxygens (including phenoxy) is 1. The number of aromatic nitrogens is 2. The number of carbonyl (C=O) groups excluding carboxylic acids is 2. The van der Waals surface area contributed by atoms with E-state index in [9.17, 15) is 14.4 Å². The van der Waals surface area contributed by atoms with Crippen LogP contribution in [0.1, 0.15) is 6.42 Å². The van der Waals surface area contributed by atoms with Crippen molar-refractivity contribution in [2.45, 2.75) is 19.0 Å². The number of carbonyl (C=O) groups is 2. The van der Waals surface area contributed by atoms with Gasteiger partial charge in [-0.3, -0.25) is 9.59 Å². The fourth-order valence-corrected chi connectivity index (χ4v) is 2.80. The van der Waals surface area contributed by atoms with Crippen LogP contribution in [0.15, 0.2) is 47.3 Å². The van der Waals surface area contributed by atoms with Gasteiger partial charge in [0.2, 0.25) is 5.91 Å². The fraction of sp³-hybridized carbons (Fsp3) is 0.333. The summed E-state index contributed by atoms with van der Waals surface area (Å²) in [4.78, 5) is 36.1. The van der Waals surface area contributed by atoms with E-state index in [-0.39, 0.29) is 6.54 Å². The Labute approximate surface area is 155 Å². The smallest absolute Gasteiger partial charge is 0.328 e. The molecule has 0 radical (unpaired) electrons. The molecule has 1 amide bonds. The van der Waals surface area contributed by atoms with E-state index in [1.807, 2.05) is 36.6 Å². The predicted molar refractivity (Wildman–Crippen MR) is 101 cm³/mol. The zero-order valence-electron chi connectivity index (χ0n) is 14.7. The van der Waals surface area contributed by atoms with Crippen molar-refractivity contribution in [2.75, 3.05) is 19.1 Å². The van der Waals surface area contributed by atoms with Gasteiger partial charge < -0.3 is 10.1 Å². The first-order chi connectivity index (χ1) is 12.5. The second-order valence-electron chi connectivity index (χ2n) is 5.51. The Balaban J connectivity index is 2.12. The van der Waals surface area contributed by atoms with Crippen LogP contribution in [0.2, 0.25) is 0 Å². The molecule has 0 bridgehead atoms. The number of hydrogen-bond donors (Lipinski definition) is 1. The second-order valence-corrected chi connectivity index (χ2v) is 6.49. The molecule has 0 aliphatic carbocycles. The number of benzene rings is 1. The molecule has 0 aliphatic heterocycles. The van der Waals surface area contributed by atoms with Gasteiger partial charge in [0.15, 0.2) is 0 Å². The van der Waals surface area contributed by atoms with Gasteiger partial charge in [-0.05, 0) is 24.5 Å². The van der Waals surface area contributed by atoms with Crippen molar-refractivity contribution in [3.8, 4) is 11.3 Å². The van der Waals surface area contributed by atoms with Crippen LogP contribution in [0.25, 0.3) is 11.3 Å². The van der Waals surface area contributed by atoms with Gasteiger partial charge in [0.05, 0.1) is 12.8 Å². The molecule has 138 valence electrons. The molecule has 1 heterocycles. The summed E-state index contributed by atoms with van der Waals surface area (Å²) in [6.45, 7) is -0.272. The maximum absolute atomic E-state index is 12.3. The molecule has 1 aromatic heterocycles. The van der Waals surface area contributed by atoms with Gasteiger partial charge in [0.1, 0.15) is 12.6 Å². The van der Waals surface area contributed by atoms with E-state index in [1.54, 1.807) is 17.8 Å². The number of rotatable bonds is 8. The average molecular weight is 375 g/mol. The average Bonchev–Trinajstić information content (AvgIpc) is 2.66. The minimum atomic E-state index is -0.743. The van der Waals surface area contributed by atoms with Crippen LogP contribution in [0.3, 0.4) is 0 Å². The van der Waals surface area contributed by atoms with Crippen molar-refractivity contribution < 1.29 is 14.3 Å². The molecule has 0 saturated heterocycles. The first-order valence-corrected chi connectivity index (χ1v) is 9.44. The molecule has 0 fully saturated rings. The number of nitrogens with zero attached hydrogens (tertiary/aromatic N) is 2. The van der Waals surface area contributed by atoms with E-state index in [0.29, 0.717) is 17.9 Å². The van der Waals surface area contributed by atoms with Crippen LogP contribution in [0.4, 0.5) is 0 Å². The molecular weight excluding hydrogens is 354 g/mol. The molecule has 1 N–H and O–H groups in total. The summed E-state index contributed by atoms with van der Waals surface area (Å²) in [5.74, 6) is -0.283. The molecule has 1 atom stereocenters. The van der Waals surface area contributed by atoms with Gasteiger partial charge >= 0.3 is 5.97 Å². The van der Waals surface area contributed by atoms with Crippen molar-refractivity contribution in [1.82, 2.24) is 15.1 Å². The lowest BCUT2D eigenvalue weighted by Crippen LogP contribution is -2.44. The summed E-state index contributed by atoms with van der Waals surface area (Å²) in [5.41, 5.74) is 1.04. The molecular formula is C18H21N3O4S. The molecule has 0 spiro atoms. The van der Waals surface area contributed by atoms with E-state index in [4.69, 9.17) is 4.74 Å². The Morgan fingerprint density at radius 3 is 2.62 bits per heavy atom. The summed E-state index contributed by atoms with van der Waals surface area (Å²) in [5, 5.41) is 6.85. The Kier molecular flexibility index (Phi) is 7.40. The molecule has 1 unspecified atom stereocenters. The lowest BCUT2D eigenvalue weighted by molar-refractivity contribution is -0.145. The summed E-state index contributed by atoms with van der Waals surface area (Å²) < 4.78 is 5.80. The van der Waals surface area contributed by atoms with Crippen LogP contribution < -0.4 is 10.9 Å². The van der Waals surface area contributed by atoms with Gasteiger partial charge in [-0.2, -0.15) is 16.9 Å². The van der Waals surface area contributed by atoms with Crippen molar-refractivity contribution in [1.29, 1.82) is 0 Å². The van der Waals surface area contributed by atoms with E-state index < -0.39 is 23.5 Å².